The predicted octanol–water partition coefficient (Wildman–Crippen LogP) is 4.87. The minimum atomic E-state index is 0.407. The quantitative estimate of drug-likeness (QED) is 0.752. The SMILES string of the molecule is CNC(C)c1ccc(Br)cc1SCCC(C)C. The van der Waals surface area contributed by atoms with Crippen LogP contribution in [0.5, 0.6) is 0 Å². The van der Waals surface area contributed by atoms with Crippen molar-refractivity contribution in [2.24, 2.45) is 5.92 Å². The highest BCUT2D eigenvalue weighted by atomic mass is 79.9. The fourth-order valence-corrected chi connectivity index (χ4v) is 3.49. The van der Waals surface area contributed by atoms with Crippen molar-refractivity contribution < 1.29 is 0 Å². The number of thioether (sulfide) groups is 1. The van der Waals surface area contributed by atoms with Crippen molar-refractivity contribution >= 4 is 27.7 Å². The Morgan fingerprint density at radius 2 is 2.00 bits per heavy atom. The van der Waals surface area contributed by atoms with E-state index in [1.54, 1.807) is 0 Å². The average Bonchev–Trinajstić information content (AvgIpc) is 2.28. The third-order valence-corrected chi connectivity index (χ3v) is 4.43. The van der Waals surface area contributed by atoms with Gasteiger partial charge in [0, 0.05) is 15.4 Å². The summed E-state index contributed by atoms with van der Waals surface area (Å²) in [6, 6.07) is 6.97. The highest BCUT2D eigenvalue weighted by Gasteiger charge is 2.10. The third-order valence-electron chi connectivity index (χ3n) is 2.83. The molecule has 1 aromatic carbocycles. The Labute approximate surface area is 118 Å². The van der Waals surface area contributed by atoms with Crippen LogP contribution in [0.25, 0.3) is 0 Å². The van der Waals surface area contributed by atoms with E-state index in [0.717, 1.165) is 10.4 Å². The summed E-state index contributed by atoms with van der Waals surface area (Å²) in [4.78, 5) is 1.39. The number of nitrogens with one attached hydrogen (secondary N) is 1. The molecular weight excluding hydrogens is 294 g/mol. The smallest absolute Gasteiger partial charge is 0.0300 e. The molecule has 0 radical (unpaired) electrons. The lowest BCUT2D eigenvalue weighted by Crippen LogP contribution is -2.13. The van der Waals surface area contributed by atoms with E-state index in [4.69, 9.17) is 0 Å². The van der Waals surface area contributed by atoms with Gasteiger partial charge in [0.2, 0.25) is 0 Å². The molecule has 0 fully saturated rings. The molecule has 0 bridgehead atoms. The molecule has 1 rings (SSSR count). The van der Waals surface area contributed by atoms with Crippen molar-refractivity contribution in [1.82, 2.24) is 5.32 Å². The molecule has 17 heavy (non-hydrogen) atoms. The number of hydrogen-bond acceptors (Lipinski definition) is 2. The molecule has 0 amide bonds. The highest BCUT2D eigenvalue weighted by molar-refractivity contribution is 9.10. The van der Waals surface area contributed by atoms with Crippen LogP contribution >= 0.6 is 27.7 Å². The topological polar surface area (TPSA) is 12.0 Å². The van der Waals surface area contributed by atoms with E-state index in [-0.39, 0.29) is 0 Å². The first-order valence-corrected chi connectivity index (χ1v) is 7.92. The van der Waals surface area contributed by atoms with Gasteiger partial charge in [-0.3, -0.25) is 0 Å². The Bertz CT molecular complexity index is 352. The van der Waals surface area contributed by atoms with Crippen LogP contribution in [0.1, 0.15) is 38.8 Å². The second-order valence-electron chi connectivity index (χ2n) is 4.72. The zero-order valence-corrected chi connectivity index (χ0v) is 13.5. The van der Waals surface area contributed by atoms with Crippen molar-refractivity contribution in [3.63, 3.8) is 0 Å². The summed E-state index contributed by atoms with van der Waals surface area (Å²) < 4.78 is 1.16. The van der Waals surface area contributed by atoms with E-state index in [1.165, 1.54) is 22.6 Å². The summed E-state index contributed by atoms with van der Waals surface area (Å²) in [6.45, 7) is 6.76. The van der Waals surface area contributed by atoms with E-state index in [0.29, 0.717) is 6.04 Å². The molecule has 0 aliphatic heterocycles. The normalized spacial score (nSPS) is 13.1. The van der Waals surface area contributed by atoms with Crippen molar-refractivity contribution in [2.75, 3.05) is 12.8 Å². The van der Waals surface area contributed by atoms with Crippen LogP contribution in [0.4, 0.5) is 0 Å². The number of benzene rings is 1. The standard InChI is InChI=1S/C14H22BrNS/c1-10(2)7-8-17-14-9-12(15)5-6-13(14)11(3)16-4/h5-6,9-11,16H,7-8H2,1-4H3. The minimum Gasteiger partial charge on any atom is -0.313 e. The monoisotopic (exact) mass is 315 g/mol. The van der Waals surface area contributed by atoms with Crippen LogP contribution in [0, 0.1) is 5.92 Å². The van der Waals surface area contributed by atoms with Gasteiger partial charge in [-0.15, -0.1) is 11.8 Å². The first-order chi connectivity index (χ1) is 8.04. The molecular formula is C14H22BrNS. The predicted molar refractivity (Wildman–Crippen MR) is 81.8 cm³/mol. The molecule has 0 spiro atoms. The van der Waals surface area contributed by atoms with Gasteiger partial charge >= 0.3 is 0 Å². The van der Waals surface area contributed by atoms with Gasteiger partial charge in [0.1, 0.15) is 0 Å². The lowest BCUT2D eigenvalue weighted by molar-refractivity contribution is 0.630. The van der Waals surface area contributed by atoms with E-state index >= 15 is 0 Å². The first kappa shape index (κ1) is 15.1. The zero-order valence-electron chi connectivity index (χ0n) is 11.1. The van der Waals surface area contributed by atoms with Crippen molar-refractivity contribution in [3.8, 4) is 0 Å². The van der Waals surface area contributed by atoms with E-state index < -0.39 is 0 Å². The molecule has 0 aliphatic rings. The lowest BCUT2D eigenvalue weighted by atomic mass is 10.1. The Balaban J connectivity index is 2.76. The van der Waals surface area contributed by atoms with Crippen molar-refractivity contribution in [2.45, 2.75) is 38.1 Å². The first-order valence-electron chi connectivity index (χ1n) is 6.14. The maximum absolute atomic E-state index is 3.55. The van der Waals surface area contributed by atoms with Crippen LogP contribution in [-0.2, 0) is 0 Å². The molecule has 1 aromatic rings. The molecule has 3 heteroatoms. The van der Waals surface area contributed by atoms with Crippen molar-refractivity contribution in [3.05, 3.63) is 28.2 Å². The summed E-state index contributed by atoms with van der Waals surface area (Å²) in [6.07, 6.45) is 1.27. The maximum Gasteiger partial charge on any atom is 0.0300 e. The summed E-state index contributed by atoms with van der Waals surface area (Å²) >= 11 is 5.52. The molecule has 1 N–H and O–H groups in total. The molecule has 96 valence electrons. The van der Waals surface area contributed by atoms with Gasteiger partial charge in [-0.05, 0) is 49.8 Å². The van der Waals surface area contributed by atoms with Crippen LogP contribution in [0.15, 0.2) is 27.6 Å². The van der Waals surface area contributed by atoms with Gasteiger partial charge < -0.3 is 5.32 Å². The summed E-state index contributed by atoms with van der Waals surface area (Å²) in [5.41, 5.74) is 1.39. The molecule has 0 saturated carbocycles. The largest absolute Gasteiger partial charge is 0.313 e. The summed E-state index contributed by atoms with van der Waals surface area (Å²) in [5.74, 6) is 1.97. The summed E-state index contributed by atoms with van der Waals surface area (Å²) in [5, 5.41) is 3.31. The van der Waals surface area contributed by atoms with Gasteiger partial charge in [-0.25, -0.2) is 0 Å². The van der Waals surface area contributed by atoms with E-state index in [2.05, 4.69) is 60.2 Å². The Morgan fingerprint density at radius 3 is 2.59 bits per heavy atom. The molecule has 1 unspecified atom stereocenters. The van der Waals surface area contributed by atoms with Gasteiger partial charge in [0.05, 0.1) is 0 Å². The highest BCUT2D eigenvalue weighted by Crippen LogP contribution is 2.31. The number of rotatable bonds is 6. The minimum absolute atomic E-state index is 0.407. The fraction of sp³-hybridized carbons (Fsp3) is 0.571. The lowest BCUT2D eigenvalue weighted by Gasteiger charge is -2.16. The third kappa shape index (κ3) is 5.02. The second-order valence-corrected chi connectivity index (χ2v) is 6.78. The van der Waals surface area contributed by atoms with Crippen LogP contribution in [0.3, 0.4) is 0 Å². The molecule has 1 nitrogen and oxygen atoms in total. The molecule has 0 heterocycles. The second kappa shape index (κ2) is 7.45. The van der Waals surface area contributed by atoms with Gasteiger partial charge in [-0.2, -0.15) is 0 Å². The van der Waals surface area contributed by atoms with Gasteiger partial charge in [0.15, 0.2) is 0 Å². The molecule has 0 aromatic heterocycles. The van der Waals surface area contributed by atoms with Crippen LogP contribution in [0.2, 0.25) is 0 Å². The number of halogens is 1. The van der Waals surface area contributed by atoms with Crippen LogP contribution < -0.4 is 5.32 Å². The van der Waals surface area contributed by atoms with Crippen LogP contribution in [-0.4, -0.2) is 12.8 Å². The zero-order chi connectivity index (χ0) is 12.8. The fourth-order valence-electron chi connectivity index (χ4n) is 1.55. The van der Waals surface area contributed by atoms with Gasteiger partial charge in [0.25, 0.3) is 0 Å². The Hall–Kier alpha value is 0.01000. The summed E-state index contributed by atoms with van der Waals surface area (Å²) in [7, 11) is 2.01. The van der Waals surface area contributed by atoms with Crippen molar-refractivity contribution in [1.29, 1.82) is 0 Å². The Morgan fingerprint density at radius 1 is 1.29 bits per heavy atom. The van der Waals surface area contributed by atoms with Gasteiger partial charge in [-0.1, -0.05) is 35.8 Å². The maximum atomic E-state index is 3.55. The Kier molecular flexibility index (Phi) is 6.60. The number of hydrogen-bond donors (Lipinski definition) is 1. The molecule has 1 atom stereocenters. The average molecular weight is 316 g/mol. The molecule has 0 saturated heterocycles. The van der Waals surface area contributed by atoms with E-state index in [9.17, 15) is 0 Å². The van der Waals surface area contributed by atoms with E-state index in [1.807, 2.05) is 18.8 Å². The molecule has 0 aliphatic carbocycles.